The second-order valence-corrected chi connectivity index (χ2v) is 8.76. The van der Waals surface area contributed by atoms with E-state index in [4.69, 9.17) is 4.74 Å². The maximum absolute atomic E-state index is 13.8. The van der Waals surface area contributed by atoms with Crippen molar-refractivity contribution in [1.29, 1.82) is 0 Å². The molecule has 0 saturated heterocycles. The van der Waals surface area contributed by atoms with Gasteiger partial charge in [0.15, 0.2) is 0 Å². The Hall–Kier alpha value is -4.30. The summed E-state index contributed by atoms with van der Waals surface area (Å²) in [5.74, 6) is 3.74. The highest BCUT2D eigenvalue weighted by molar-refractivity contribution is 6.00. The zero-order valence-electron chi connectivity index (χ0n) is 19.7. The molecule has 0 aliphatic carbocycles. The second-order valence-electron chi connectivity index (χ2n) is 8.76. The van der Waals surface area contributed by atoms with Gasteiger partial charge in [0.25, 0.3) is 5.91 Å². The van der Waals surface area contributed by atoms with Gasteiger partial charge in [0, 0.05) is 30.8 Å². The first-order valence-corrected chi connectivity index (χ1v) is 11.0. The third-order valence-corrected chi connectivity index (χ3v) is 5.30. The van der Waals surface area contributed by atoms with Crippen molar-refractivity contribution in [2.24, 2.45) is 0 Å². The number of hydrogen-bond acceptors (Lipinski definition) is 6. The summed E-state index contributed by atoms with van der Waals surface area (Å²) in [4.78, 5) is 30.3. The van der Waals surface area contributed by atoms with Crippen molar-refractivity contribution in [1.82, 2.24) is 20.1 Å². The predicted octanol–water partition coefficient (Wildman–Crippen LogP) is 2.25. The number of carbonyl (C=O) groups excluding carboxylic acids is 2. The Labute approximate surface area is 205 Å². The van der Waals surface area contributed by atoms with E-state index in [0.29, 0.717) is 22.6 Å². The number of halogens is 2. The van der Waals surface area contributed by atoms with Crippen LogP contribution in [-0.2, 0) is 11.2 Å². The molecule has 11 heteroatoms. The van der Waals surface area contributed by atoms with Crippen LogP contribution in [-0.4, -0.2) is 57.1 Å². The van der Waals surface area contributed by atoms with Gasteiger partial charge in [-0.3, -0.25) is 4.79 Å². The first-order valence-electron chi connectivity index (χ1n) is 11.0. The van der Waals surface area contributed by atoms with Crippen LogP contribution in [0.25, 0.3) is 0 Å². The maximum atomic E-state index is 13.8. The van der Waals surface area contributed by atoms with Gasteiger partial charge in [-0.15, -0.1) is 0 Å². The van der Waals surface area contributed by atoms with Gasteiger partial charge in [-0.1, -0.05) is 11.8 Å². The molecule has 1 aliphatic rings. The molecule has 3 aromatic rings. The highest BCUT2D eigenvalue weighted by atomic mass is 19.1. The van der Waals surface area contributed by atoms with Crippen molar-refractivity contribution >= 4 is 17.6 Å². The second kappa shape index (κ2) is 9.75. The van der Waals surface area contributed by atoms with Crippen LogP contribution in [0.15, 0.2) is 42.7 Å². The third-order valence-electron chi connectivity index (χ3n) is 5.30. The number of nitrogens with zero attached hydrogens (tertiary/aromatic N) is 4. The normalized spacial score (nSPS) is 15.3. The highest BCUT2D eigenvalue weighted by Gasteiger charge is 2.31. The van der Waals surface area contributed by atoms with E-state index in [9.17, 15) is 23.5 Å². The van der Waals surface area contributed by atoms with Crippen LogP contribution in [0, 0.1) is 23.7 Å². The lowest BCUT2D eigenvalue weighted by atomic mass is 10.1. The summed E-state index contributed by atoms with van der Waals surface area (Å²) in [6, 6.07) is 5.67. The molecule has 0 radical (unpaired) electrons. The number of fused-ring (bicyclic) bond motifs is 1. The Morgan fingerprint density at radius 2 is 2.08 bits per heavy atom. The van der Waals surface area contributed by atoms with Gasteiger partial charge in [-0.2, -0.15) is 23.5 Å². The molecule has 0 fully saturated rings. The van der Waals surface area contributed by atoms with Gasteiger partial charge in [-0.05, 0) is 49.7 Å². The van der Waals surface area contributed by atoms with E-state index in [1.165, 1.54) is 23.4 Å². The van der Waals surface area contributed by atoms with Crippen LogP contribution in [0.3, 0.4) is 0 Å². The molecule has 0 unspecified atom stereocenters. The Bertz CT molecular complexity index is 1390. The smallest absolute Gasteiger partial charge is 0.342 e. The van der Waals surface area contributed by atoms with Crippen molar-refractivity contribution in [3.05, 3.63) is 71.3 Å². The number of rotatable bonds is 3. The molecule has 9 nitrogen and oxygen atoms in total. The minimum Gasteiger partial charge on any atom is -0.489 e. The van der Waals surface area contributed by atoms with E-state index < -0.39 is 35.5 Å². The Kier molecular flexibility index (Phi) is 6.72. The van der Waals surface area contributed by atoms with E-state index in [-0.39, 0.29) is 18.6 Å². The fraction of sp³-hybridized carbons (Fsp3) is 0.280. The number of anilines is 1. The number of aliphatic hydroxyl groups is 1. The van der Waals surface area contributed by atoms with Crippen molar-refractivity contribution in [2.75, 3.05) is 18.6 Å². The van der Waals surface area contributed by atoms with Gasteiger partial charge in [0.1, 0.15) is 24.0 Å². The summed E-state index contributed by atoms with van der Waals surface area (Å²) >= 11 is 0. The number of ether oxygens (including phenoxy) is 1. The topological polar surface area (TPSA) is 110 Å². The van der Waals surface area contributed by atoms with Crippen molar-refractivity contribution in [3.63, 3.8) is 0 Å². The monoisotopic (exact) mass is 495 g/mol. The van der Waals surface area contributed by atoms with Gasteiger partial charge in [-0.25, -0.2) is 4.79 Å². The molecular formula is C25H23F2N5O4. The van der Waals surface area contributed by atoms with Crippen molar-refractivity contribution in [3.8, 4) is 17.6 Å². The van der Waals surface area contributed by atoms with Crippen LogP contribution < -0.4 is 15.0 Å². The molecule has 0 spiro atoms. The average Bonchev–Trinajstić information content (AvgIpc) is 3.25. The van der Waals surface area contributed by atoms with E-state index >= 15 is 0 Å². The quantitative estimate of drug-likeness (QED) is 0.426. The lowest BCUT2D eigenvalue weighted by Crippen LogP contribution is -2.50. The Morgan fingerprint density at radius 1 is 1.31 bits per heavy atom. The van der Waals surface area contributed by atoms with Crippen LogP contribution in [0.2, 0.25) is 0 Å². The fourth-order valence-corrected chi connectivity index (χ4v) is 3.48. The van der Waals surface area contributed by atoms with Crippen LogP contribution >= 0.6 is 0 Å². The van der Waals surface area contributed by atoms with E-state index in [1.807, 2.05) is 0 Å². The molecule has 2 aromatic heterocycles. The highest BCUT2D eigenvalue weighted by Crippen LogP contribution is 2.31. The van der Waals surface area contributed by atoms with Gasteiger partial charge in [0.2, 0.25) is 11.9 Å². The molecule has 1 atom stereocenters. The first kappa shape index (κ1) is 24.8. The summed E-state index contributed by atoms with van der Waals surface area (Å²) in [5.41, 5.74) is 0.519. The Balaban J connectivity index is 1.46. The molecule has 36 heavy (non-hydrogen) atoms. The number of hydrogen-bond donors (Lipinski definition) is 2. The molecule has 0 saturated carbocycles. The largest absolute Gasteiger partial charge is 0.489 e. The zero-order chi connectivity index (χ0) is 26.0. The lowest BCUT2D eigenvalue weighted by Gasteiger charge is -2.20. The number of carbonyl (C=O) groups is 2. The first-order chi connectivity index (χ1) is 17.0. The molecule has 3 heterocycles. The molecule has 4 rings (SSSR count). The summed E-state index contributed by atoms with van der Waals surface area (Å²) in [6.45, 7) is 3.02. The summed E-state index contributed by atoms with van der Waals surface area (Å²) in [6.07, 6.45) is 2.80. The summed E-state index contributed by atoms with van der Waals surface area (Å²) < 4.78 is 33.6. The maximum Gasteiger partial charge on any atom is 0.342 e. The van der Waals surface area contributed by atoms with Crippen LogP contribution in [0.1, 0.15) is 30.5 Å². The molecule has 1 aliphatic heterocycles. The minimum absolute atomic E-state index is 0.0502. The predicted molar refractivity (Wildman–Crippen MR) is 125 cm³/mol. The van der Waals surface area contributed by atoms with Crippen LogP contribution in [0.4, 0.5) is 19.3 Å². The molecule has 186 valence electrons. The number of benzene rings is 1. The summed E-state index contributed by atoms with van der Waals surface area (Å²) in [5, 5.41) is 16.4. The lowest BCUT2D eigenvalue weighted by molar-refractivity contribution is -0.120. The van der Waals surface area contributed by atoms with Crippen LogP contribution in [0.5, 0.6) is 5.75 Å². The number of nitrogens with one attached hydrogen (secondary N) is 1. The van der Waals surface area contributed by atoms with Gasteiger partial charge < -0.3 is 20.1 Å². The number of likely N-dealkylation sites (N-methyl/N-ethyl adjacent to an activating group) is 1. The molecule has 0 bridgehead atoms. The average molecular weight is 495 g/mol. The van der Waals surface area contributed by atoms with Crippen molar-refractivity contribution < 1.29 is 28.2 Å². The van der Waals surface area contributed by atoms with E-state index in [1.54, 1.807) is 39.1 Å². The molecule has 1 aromatic carbocycles. The van der Waals surface area contributed by atoms with E-state index in [2.05, 4.69) is 27.2 Å². The number of amides is 2. The number of pyridine rings is 1. The van der Waals surface area contributed by atoms with Gasteiger partial charge >= 0.3 is 6.03 Å². The minimum atomic E-state index is -1.17. The van der Waals surface area contributed by atoms with Crippen molar-refractivity contribution in [2.45, 2.75) is 31.9 Å². The van der Waals surface area contributed by atoms with E-state index in [0.717, 1.165) is 10.7 Å². The molecule has 2 amide bonds. The standard InChI is InChI=1S/C25H23F2N5O4/c1-25(2,35)9-8-15-4-6-20-19(11-15)31(3)23(33)18(14-36-20)29-24(34)32-13-16(12-28-32)10-17-5-7-21(26)30-22(17)27/h4-7,11-13,18,35H,10,14H2,1-3H3,(H,29,34)/t18-/m1/s1. The number of aromatic nitrogens is 3. The van der Waals surface area contributed by atoms with Gasteiger partial charge in [0.05, 0.1) is 11.9 Å². The fourth-order valence-electron chi connectivity index (χ4n) is 3.48. The molecule has 2 N–H and O–H groups in total. The Morgan fingerprint density at radius 3 is 2.81 bits per heavy atom. The third kappa shape index (κ3) is 5.67. The summed E-state index contributed by atoms with van der Waals surface area (Å²) in [7, 11) is 1.56. The zero-order valence-corrected chi connectivity index (χ0v) is 19.7. The molecular weight excluding hydrogens is 472 g/mol. The SMILES string of the molecule is CN1C(=O)[C@H](NC(=O)n2cc(Cc3ccc(F)nc3F)cn2)COc2ccc(C#CC(C)(C)O)cc21.